The van der Waals surface area contributed by atoms with Crippen molar-refractivity contribution in [3.63, 3.8) is 0 Å². The van der Waals surface area contributed by atoms with E-state index < -0.39 is 0 Å². The van der Waals surface area contributed by atoms with Crippen LogP contribution in [-0.2, 0) is 0 Å². The van der Waals surface area contributed by atoms with Gasteiger partial charge < -0.3 is 10.6 Å². The molecular weight excluding hydrogens is 148 g/mol. The maximum Gasteiger partial charge on any atom is 0.0164 e. The Balaban J connectivity index is 1.86. The maximum absolute atomic E-state index is 3.52. The summed E-state index contributed by atoms with van der Waals surface area (Å²) in [5.41, 5.74) is 0. The molecule has 1 aliphatic rings. The second kappa shape index (κ2) is 5.55. The molecule has 0 aromatic heterocycles. The van der Waals surface area contributed by atoms with Crippen LogP contribution >= 0.6 is 0 Å². The van der Waals surface area contributed by atoms with Gasteiger partial charge in [-0.05, 0) is 32.9 Å². The number of likely N-dealkylation sites (N-methyl/N-ethyl adjacent to an activating group) is 1. The second-order valence-electron chi connectivity index (χ2n) is 4.00. The molecule has 1 fully saturated rings. The molecule has 2 N–H and O–H groups in total. The van der Waals surface area contributed by atoms with E-state index in [4.69, 9.17) is 0 Å². The zero-order valence-corrected chi connectivity index (χ0v) is 8.40. The van der Waals surface area contributed by atoms with E-state index in [0.717, 1.165) is 12.5 Å². The average Bonchev–Trinajstić information content (AvgIpc) is 1.95. The lowest BCUT2D eigenvalue weighted by molar-refractivity contribution is 0.288. The first-order valence-corrected chi connectivity index (χ1v) is 5.21. The standard InChI is InChI=1S/C10H22N2/c1-9(8-11-2)12-7-6-10-4-3-5-10/h9-12H,3-8H2,1-2H3. The van der Waals surface area contributed by atoms with Crippen molar-refractivity contribution >= 4 is 0 Å². The molecule has 0 saturated heterocycles. The zero-order chi connectivity index (χ0) is 8.81. The van der Waals surface area contributed by atoms with Gasteiger partial charge in [0.15, 0.2) is 0 Å². The van der Waals surface area contributed by atoms with Gasteiger partial charge in [-0.2, -0.15) is 0 Å². The SMILES string of the molecule is CNCC(C)NCCC1CCC1. The molecule has 1 unspecified atom stereocenters. The summed E-state index contributed by atoms with van der Waals surface area (Å²) < 4.78 is 0. The van der Waals surface area contributed by atoms with Gasteiger partial charge >= 0.3 is 0 Å². The van der Waals surface area contributed by atoms with Crippen LogP contribution in [0.2, 0.25) is 0 Å². The minimum absolute atomic E-state index is 0.620. The molecule has 0 heterocycles. The molecule has 0 amide bonds. The Labute approximate surface area is 76.1 Å². The lowest BCUT2D eigenvalue weighted by atomic mass is 9.83. The number of hydrogen-bond acceptors (Lipinski definition) is 2. The van der Waals surface area contributed by atoms with Crippen molar-refractivity contribution in [2.24, 2.45) is 5.92 Å². The average molecular weight is 170 g/mol. The first-order valence-electron chi connectivity index (χ1n) is 5.21. The highest BCUT2D eigenvalue weighted by Gasteiger charge is 2.16. The maximum atomic E-state index is 3.52. The smallest absolute Gasteiger partial charge is 0.0164 e. The van der Waals surface area contributed by atoms with Crippen molar-refractivity contribution in [1.82, 2.24) is 10.6 Å². The molecule has 0 spiro atoms. The van der Waals surface area contributed by atoms with Gasteiger partial charge in [-0.1, -0.05) is 19.3 Å². The highest BCUT2D eigenvalue weighted by molar-refractivity contribution is 4.71. The van der Waals surface area contributed by atoms with Crippen LogP contribution in [0.5, 0.6) is 0 Å². The van der Waals surface area contributed by atoms with Gasteiger partial charge in [0.05, 0.1) is 0 Å². The van der Waals surface area contributed by atoms with Gasteiger partial charge in [0.1, 0.15) is 0 Å². The number of hydrogen-bond donors (Lipinski definition) is 2. The van der Waals surface area contributed by atoms with E-state index in [9.17, 15) is 0 Å². The van der Waals surface area contributed by atoms with Crippen LogP contribution in [-0.4, -0.2) is 26.2 Å². The first-order chi connectivity index (χ1) is 5.83. The van der Waals surface area contributed by atoms with Crippen molar-refractivity contribution in [1.29, 1.82) is 0 Å². The minimum Gasteiger partial charge on any atom is -0.318 e. The quantitative estimate of drug-likeness (QED) is 0.629. The molecule has 2 heteroatoms. The summed E-state index contributed by atoms with van der Waals surface area (Å²) in [5.74, 6) is 1.04. The molecule has 1 aliphatic carbocycles. The van der Waals surface area contributed by atoms with Gasteiger partial charge in [0.2, 0.25) is 0 Å². The van der Waals surface area contributed by atoms with E-state index in [2.05, 4.69) is 17.6 Å². The lowest BCUT2D eigenvalue weighted by Crippen LogP contribution is -2.36. The molecule has 0 aliphatic heterocycles. The Morgan fingerprint density at radius 2 is 2.17 bits per heavy atom. The van der Waals surface area contributed by atoms with Crippen molar-refractivity contribution in [2.75, 3.05) is 20.1 Å². The van der Waals surface area contributed by atoms with Crippen LogP contribution in [0.4, 0.5) is 0 Å². The molecule has 0 aromatic rings. The third kappa shape index (κ3) is 3.55. The first kappa shape index (κ1) is 10.0. The molecule has 2 nitrogen and oxygen atoms in total. The summed E-state index contributed by atoms with van der Waals surface area (Å²) in [5, 5.41) is 6.69. The largest absolute Gasteiger partial charge is 0.318 e. The van der Waals surface area contributed by atoms with E-state index in [1.165, 1.54) is 32.2 Å². The van der Waals surface area contributed by atoms with Crippen LogP contribution in [0, 0.1) is 5.92 Å². The Morgan fingerprint density at radius 3 is 2.67 bits per heavy atom. The highest BCUT2D eigenvalue weighted by Crippen LogP contribution is 2.28. The van der Waals surface area contributed by atoms with Crippen LogP contribution in [0.3, 0.4) is 0 Å². The molecule has 0 bridgehead atoms. The molecule has 72 valence electrons. The summed E-state index contributed by atoms with van der Waals surface area (Å²) in [6, 6.07) is 0.620. The second-order valence-corrected chi connectivity index (χ2v) is 4.00. The fourth-order valence-electron chi connectivity index (χ4n) is 1.69. The summed E-state index contributed by atoms with van der Waals surface area (Å²) >= 11 is 0. The fraction of sp³-hybridized carbons (Fsp3) is 1.00. The predicted octanol–water partition coefficient (Wildman–Crippen LogP) is 1.37. The van der Waals surface area contributed by atoms with Gasteiger partial charge in [0, 0.05) is 12.6 Å². The summed E-state index contributed by atoms with van der Waals surface area (Å²) in [6.07, 6.45) is 5.80. The third-order valence-corrected chi connectivity index (χ3v) is 2.78. The van der Waals surface area contributed by atoms with E-state index in [1.807, 2.05) is 7.05 Å². The lowest BCUT2D eigenvalue weighted by Gasteiger charge is -2.26. The summed E-state index contributed by atoms with van der Waals surface area (Å²) in [4.78, 5) is 0. The highest BCUT2D eigenvalue weighted by atomic mass is 15.0. The predicted molar refractivity (Wildman–Crippen MR) is 53.3 cm³/mol. The van der Waals surface area contributed by atoms with Crippen LogP contribution in [0.1, 0.15) is 32.6 Å². The van der Waals surface area contributed by atoms with E-state index in [0.29, 0.717) is 6.04 Å². The topological polar surface area (TPSA) is 24.1 Å². The van der Waals surface area contributed by atoms with E-state index >= 15 is 0 Å². The molecule has 1 saturated carbocycles. The van der Waals surface area contributed by atoms with Crippen LogP contribution in [0.15, 0.2) is 0 Å². The van der Waals surface area contributed by atoms with Gasteiger partial charge in [0.25, 0.3) is 0 Å². The van der Waals surface area contributed by atoms with Crippen LogP contribution < -0.4 is 10.6 Å². The molecule has 1 atom stereocenters. The number of rotatable bonds is 6. The Bertz CT molecular complexity index is 110. The third-order valence-electron chi connectivity index (χ3n) is 2.78. The summed E-state index contributed by atoms with van der Waals surface area (Å²) in [6.45, 7) is 4.51. The number of nitrogens with one attached hydrogen (secondary N) is 2. The van der Waals surface area contributed by atoms with E-state index in [-0.39, 0.29) is 0 Å². The van der Waals surface area contributed by atoms with Crippen molar-refractivity contribution in [3.8, 4) is 0 Å². The van der Waals surface area contributed by atoms with Gasteiger partial charge in [-0.3, -0.25) is 0 Å². The zero-order valence-electron chi connectivity index (χ0n) is 8.40. The Kier molecular flexibility index (Phi) is 4.62. The van der Waals surface area contributed by atoms with Crippen molar-refractivity contribution < 1.29 is 0 Å². The summed E-state index contributed by atoms with van der Waals surface area (Å²) in [7, 11) is 2.00. The van der Waals surface area contributed by atoms with Crippen molar-refractivity contribution in [2.45, 2.75) is 38.6 Å². The normalized spacial score (nSPS) is 20.5. The molecule has 1 rings (SSSR count). The van der Waals surface area contributed by atoms with Gasteiger partial charge in [-0.25, -0.2) is 0 Å². The Hall–Kier alpha value is -0.0800. The van der Waals surface area contributed by atoms with Crippen molar-refractivity contribution in [3.05, 3.63) is 0 Å². The fourth-order valence-corrected chi connectivity index (χ4v) is 1.69. The molecule has 0 radical (unpaired) electrons. The molecule has 0 aromatic carbocycles. The van der Waals surface area contributed by atoms with Gasteiger partial charge in [-0.15, -0.1) is 0 Å². The van der Waals surface area contributed by atoms with Crippen LogP contribution in [0.25, 0.3) is 0 Å². The van der Waals surface area contributed by atoms with E-state index in [1.54, 1.807) is 0 Å². The Morgan fingerprint density at radius 1 is 1.42 bits per heavy atom. The molecule has 12 heavy (non-hydrogen) atoms. The molecular formula is C10H22N2. The minimum atomic E-state index is 0.620. The monoisotopic (exact) mass is 170 g/mol.